The third-order valence-corrected chi connectivity index (χ3v) is 5.91. The fourth-order valence-electron chi connectivity index (χ4n) is 4.02. The molecule has 0 atom stereocenters. The van der Waals surface area contributed by atoms with Gasteiger partial charge in [0.25, 0.3) is 5.91 Å². The standard InChI is InChI=1S/C26H28F4N6O2/c1-2-10-35-11-13-36(14-12-35)23(37)20-5-3-4-19(15-20)22-32-24(31-16-18-6-8-21(27)9-7-18)34-25(33-22)38-17-26(28,29)30/h3-9,15H,2,10-14,16-17H2,1H3,(H,31,32,33,34). The molecule has 12 heteroatoms. The monoisotopic (exact) mass is 532 g/mol. The number of ether oxygens (including phenoxy) is 1. The van der Waals surface area contributed by atoms with Crippen LogP contribution in [0.1, 0.15) is 29.3 Å². The summed E-state index contributed by atoms with van der Waals surface area (Å²) in [5.41, 5.74) is 1.55. The van der Waals surface area contributed by atoms with Crippen molar-refractivity contribution in [2.75, 3.05) is 44.6 Å². The minimum atomic E-state index is -4.58. The molecule has 1 fully saturated rings. The zero-order chi connectivity index (χ0) is 27.1. The summed E-state index contributed by atoms with van der Waals surface area (Å²) in [5.74, 6) is -0.516. The van der Waals surface area contributed by atoms with Crippen LogP contribution >= 0.6 is 0 Å². The van der Waals surface area contributed by atoms with Gasteiger partial charge in [-0.15, -0.1) is 0 Å². The van der Waals surface area contributed by atoms with Crippen LogP contribution in [0.4, 0.5) is 23.5 Å². The molecule has 1 amide bonds. The van der Waals surface area contributed by atoms with Gasteiger partial charge in [-0.3, -0.25) is 9.69 Å². The van der Waals surface area contributed by atoms with Crippen molar-refractivity contribution in [2.45, 2.75) is 26.1 Å². The van der Waals surface area contributed by atoms with Gasteiger partial charge in [-0.2, -0.15) is 28.1 Å². The largest absolute Gasteiger partial charge is 0.454 e. The summed E-state index contributed by atoms with van der Waals surface area (Å²) in [7, 11) is 0. The molecule has 1 aliphatic rings. The van der Waals surface area contributed by atoms with Gasteiger partial charge in [0.15, 0.2) is 12.4 Å². The first kappa shape index (κ1) is 27.2. The molecule has 0 saturated carbocycles. The maximum Gasteiger partial charge on any atom is 0.422 e. The molecule has 1 aliphatic heterocycles. The van der Waals surface area contributed by atoms with Crippen LogP contribution in [0.2, 0.25) is 0 Å². The normalized spacial score (nSPS) is 14.4. The smallest absolute Gasteiger partial charge is 0.422 e. The molecule has 8 nitrogen and oxygen atoms in total. The van der Waals surface area contributed by atoms with Crippen molar-refractivity contribution in [3.63, 3.8) is 0 Å². The van der Waals surface area contributed by atoms with Gasteiger partial charge in [-0.05, 0) is 42.8 Å². The molecule has 1 saturated heterocycles. The van der Waals surface area contributed by atoms with Gasteiger partial charge >= 0.3 is 12.2 Å². The van der Waals surface area contributed by atoms with Gasteiger partial charge in [0.1, 0.15) is 5.82 Å². The minimum absolute atomic E-state index is 0.0275. The summed E-state index contributed by atoms with van der Waals surface area (Å²) in [6, 6.07) is 11.8. The van der Waals surface area contributed by atoms with E-state index in [1.165, 1.54) is 12.1 Å². The van der Waals surface area contributed by atoms with Crippen LogP contribution in [-0.4, -0.2) is 76.2 Å². The minimum Gasteiger partial charge on any atom is -0.454 e. The van der Waals surface area contributed by atoms with Crippen molar-refractivity contribution in [1.29, 1.82) is 0 Å². The summed E-state index contributed by atoms with van der Waals surface area (Å²) in [4.78, 5) is 29.6. The van der Waals surface area contributed by atoms with Gasteiger partial charge in [-0.25, -0.2) is 4.39 Å². The molecular formula is C26H28F4N6O2. The Balaban J connectivity index is 1.55. The number of nitrogens with one attached hydrogen (secondary N) is 1. The highest BCUT2D eigenvalue weighted by atomic mass is 19.4. The Morgan fingerprint density at radius 2 is 1.76 bits per heavy atom. The van der Waals surface area contributed by atoms with Gasteiger partial charge in [0.05, 0.1) is 0 Å². The molecule has 1 aromatic heterocycles. The number of halogens is 4. The van der Waals surface area contributed by atoms with Gasteiger partial charge in [0.2, 0.25) is 5.95 Å². The Kier molecular flexibility index (Phi) is 8.72. The molecule has 0 spiro atoms. The molecule has 4 rings (SSSR count). The van der Waals surface area contributed by atoms with E-state index in [-0.39, 0.29) is 24.2 Å². The van der Waals surface area contributed by atoms with Gasteiger partial charge in [-0.1, -0.05) is 31.2 Å². The van der Waals surface area contributed by atoms with Crippen LogP contribution in [0.3, 0.4) is 0 Å². The van der Waals surface area contributed by atoms with E-state index in [9.17, 15) is 22.4 Å². The predicted octanol–water partition coefficient (Wildman–Crippen LogP) is 4.40. The number of hydrogen-bond donors (Lipinski definition) is 1. The van der Waals surface area contributed by atoms with Gasteiger partial charge < -0.3 is 15.0 Å². The van der Waals surface area contributed by atoms with Crippen LogP contribution in [-0.2, 0) is 6.54 Å². The molecule has 3 aromatic rings. The second-order valence-corrected chi connectivity index (χ2v) is 8.86. The molecule has 0 radical (unpaired) electrons. The Bertz CT molecular complexity index is 1230. The lowest BCUT2D eigenvalue weighted by atomic mass is 10.1. The quantitative estimate of drug-likeness (QED) is 0.409. The van der Waals surface area contributed by atoms with Crippen LogP contribution in [0.5, 0.6) is 6.01 Å². The number of benzene rings is 2. The Hall–Kier alpha value is -3.80. The first-order valence-electron chi connectivity index (χ1n) is 12.3. The zero-order valence-corrected chi connectivity index (χ0v) is 20.8. The fraction of sp³-hybridized carbons (Fsp3) is 0.385. The lowest BCUT2D eigenvalue weighted by Gasteiger charge is -2.34. The SMILES string of the molecule is CCCN1CCN(C(=O)c2cccc(-c3nc(NCc4ccc(F)cc4)nc(OCC(F)(F)F)n3)c2)CC1. The molecular weight excluding hydrogens is 504 g/mol. The van der Waals surface area contributed by atoms with E-state index >= 15 is 0 Å². The number of aromatic nitrogens is 3. The average molecular weight is 533 g/mol. The van der Waals surface area contributed by atoms with E-state index in [4.69, 9.17) is 4.74 Å². The van der Waals surface area contributed by atoms with Crippen LogP contribution in [0.25, 0.3) is 11.4 Å². The average Bonchev–Trinajstić information content (AvgIpc) is 2.91. The fourth-order valence-corrected chi connectivity index (χ4v) is 4.02. The number of amides is 1. The predicted molar refractivity (Wildman–Crippen MR) is 133 cm³/mol. The number of nitrogens with zero attached hydrogens (tertiary/aromatic N) is 5. The lowest BCUT2D eigenvalue weighted by Crippen LogP contribution is -2.48. The third kappa shape index (κ3) is 7.60. The highest BCUT2D eigenvalue weighted by Crippen LogP contribution is 2.23. The van der Waals surface area contributed by atoms with Crippen molar-refractivity contribution in [3.8, 4) is 17.4 Å². The van der Waals surface area contributed by atoms with Crippen molar-refractivity contribution in [2.24, 2.45) is 0 Å². The van der Waals surface area contributed by atoms with Crippen molar-refractivity contribution < 1.29 is 27.1 Å². The molecule has 0 unspecified atom stereocenters. The van der Waals surface area contributed by atoms with Crippen LogP contribution in [0, 0.1) is 5.82 Å². The van der Waals surface area contributed by atoms with Crippen molar-refractivity contribution in [1.82, 2.24) is 24.8 Å². The third-order valence-electron chi connectivity index (χ3n) is 5.91. The maximum absolute atomic E-state index is 13.2. The molecule has 1 N–H and O–H groups in total. The lowest BCUT2D eigenvalue weighted by molar-refractivity contribution is -0.154. The Labute approximate surface area is 217 Å². The topological polar surface area (TPSA) is 83.5 Å². The molecule has 2 heterocycles. The van der Waals surface area contributed by atoms with E-state index < -0.39 is 24.6 Å². The first-order chi connectivity index (χ1) is 18.2. The van der Waals surface area contributed by atoms with Crippen molar-refractivity contribution in [3.05, 3.63) is 65.5 Å². The molecule has 202 valence electrons. The first-order valence-corrected chi connectivity index (χ1v) is 12.3. The Morgan fingerprint density at radius 3 is 2.45 bits per heavy atom. The van der Waals surface area contributed by atoms with E-state index in [0.29, 0.717) is 29.8 Å². The van der Waals surface area contributed by atoms with Crippen LogP contribution < -0.4 is 10.1 Å². The summed E-state index contributed by atoms with van der Waals surface area (Å²) >= 11 is 0. The Morgan fingerprint density at radius 1 is 1.03 bits per heavy atom. The molecule has 0 bridgehead atoms. The van der Waals surface area contributed by atoms with E-state index in [2.05, 4.69) is 32.1 Å². The number of hydrogen-bond acceptors (Lipinski definition) is 7. The van der Waals surface area contributed by atoms with Crippen LogP contribution in [0.15, 0.2) is 48.5 Å². The zero-order valence-electron chi connectivity index (χ0n) is 20.8. The molecule has 0 aliphatic carbocycles. The van der Waals surface area contributed by atoms with E-state index in [1.807, 2.05) is 0 Å². The summed E-state index contributed by atoms with van der Waals surface area (Å²) in [6.45, 7) is 4.55. The highest BCUT2D eigenvalue weighted by molar-refractivity contribution is 5.95. The maximum atomic E-state index is 13.2. The second-order valence-electron chi connectivity index (χ2n) is 8.86. The number of alkyl halides is 3. The number of carbonyl (C=O) groups excluding carboxylic acids is 1. The van der Waals surface area contributed by atoms with Gasteiger partial charge in [0, 0.05) is 43.9 Å². The number of carbonyl (C=O) groups is 1. The summed E-state index contributed by atoms with van der Waals surface area (Å²) in [6.07, 6.45) is -3.53. The number of piperazine rings is 1. The summed E-state index contributed by atoms with van der Waals surface area (Å²) in [5, 5.41) is 2.91. The second kappa shape index (κ2) is 12.2. The molecule has 2 aromatic carbocycles. The van der Waals surface area contributed by atoms with E-state index in [0.717, 1.165) is 26.1 Å². The number of anilines is 1. The molecule has 38 heavy (non-hydrogen) atoms. The highest BCUT2D eigenvalue weighted by Gasteiger charge is 2.29. The van der Waals surface area contributed by atoms with E-state index in [1.54, 1.807) is 41.3 Å². The number of rotatable bonds is 9. The summed E-state index contributed by atoms with van der Waals surface area (Å²) < 4.78 is 56.3. The van der Waals surface area contributed by atoms with Crippen molar-refractivity contribution >= 4 is 11.9 Å².